The van der Waals surface area contributed by atoms with Crippen LogP contribution in [-0.2, 0) is 7.05 Å². The van der Waals surface area contributed by atoms with Crippen molar-refractivity contribution in [1.82, 2.24) is 9.78 Å². The van der Waals surface area contributed by atoms with Crippen LogP contribution < -0.4 is 9.47 Å². The molecule has 1 heterocycles. The van der Waals surface area contributed by atoms with Crippen LogP contribution in [0.25, 0.3) is 0 Å². The smallest absolute Gasteiger partial charge is 0.438 e. The van der Waals surface area contributed by atoms with Crippen molar-refractivity contribution in [2.24, 2.45) is 7.05 Å². The van der Waals surface area contributed by atoms with Gasteiger partial charge in [0.1, 0.15) is 23.1 Å². The predicted molar refractivity (Wildman–Crippen MR) is 65.9 cm³/mol. The van der Waals surface area contributed by atoms with Gasteiger partial charge in [0.15, 0.2) is 0 Å². The van der Waals surface area contributed by atoms with Crippen molar-refractivity contribution in [3.63, 3.8) is 0 Å². The number of hydrogen-bond donors (Lipinski definition) is 0. The predicted octanol–water partition coefficient (Wildman–Crippen LogP) is 3.29. The zero-order chi connectivity index (χ0) is 15.6. The minimum absolute atomic E-state index is 0.222. The molecular formula is C13H10F3N3O2. The second kappa shape index (κ2) is 5.36. The second-order valence-electron chi connectivity index (χ2n) is 4.12. The normalized spacial score (nSPS) is 11.0. The van der Waals surface area contributed by atoms with Gasteiger partial charge in [0.2, 0.25) is 5.88 Å². The first-order valence-electron chi connectivity index (χ1n) is 5.77. The Balaban J connectivity index is 2.20. The van der Waals surface area contributed by atoms with E-state index in [-0.39, 0.29) is 22.9 Å². The molecular weight excluding hydrogens is 287 g/mol. The summed E-state index contributed by atoms with van der Waals surface area (Å²) in [5.74, 6) is 0.139. The van der Waals surface area contributed by atoms with Gasteiger partial charge in [-0.15, -0.1) is 13.2 Å². The second-order valence-corrected chi connectivity index (χ2v) is 4.12. The maximum Gasteiger partial charge on any atom is 0.573 e. The average Bonchev–Trinajstić information content (AvgIpc) is 2.64. The van der Waals surface area contributed by atoms with E-state index in [2.05, 4.69) is 9.84 Å². The van der Waals surface area contributed by atoms with Crippen LogP contribution in [0.5, 0.6) is 17.4 Å². The number of rotatable bonds is 3. The molecule has 0 N–H and O–H groups in total. The van der Waals surface area contributed by atoms with Gasteiger partial charge in [0, 0.05) is 7.05 Å². The van der Waals surface area contributed by atoms with Gasteiger partial charge < -0.3 is 9.47 Å². The lowest BCUT2D eigenvalue weighted by Crippen LogP contribution is -2.16. The lowest BCUT2D eigenvalue weighted by molar-refractivity contribution is -0.274. The summed E-state index contributed by atoms with van der Waals surface area (Å²) < 4.78 is 46.7. The molecule has 2 rings (SSSR count). The molecule has 0 saturated carbocycles. The summed E-state index contributed by atoms with van der Waals surface area (Å²) in [5, 5.41) is 13.1. The highest BCUT2D eigenvalue weighted by atomic mass is 19.4. The number of halogens is 3. The van der Waals surface area contributed by atoms with Gasteiger partial charge in [-0.25, -0.2) is 4.68 Å². The minimum Gasteiger partial charge on any atom is -0.438 e. The van der Waals surface area contributed by atoms with E-state index in [0.717, 1.165) is 12.1 Å². The van der Waals surface area contributed by atoms with Crippen LogP contribution in [0.1, 0.15) is 11.3 Å². The third kappa shape index (κ3) is 3.45. The van der Waals surface area contributed by atoms with Crippen molar-refractivity contribution >= 4 is 0 Å². The summed E-state index contributed by atoms with van der Waals surface area (Å²) in [7, 11) is 1.60. The first-order valence-corrected chi connectivity index (χ1v) is 5.77. The summed E-state index contributed by atoms with van der Waals surface area (Å²) in [4.78, 5) is 0. The first-order chi connectivity index (χ1) is 9.80. The maximum atomic E-state index is 12.0. The quantitative estimate of drug-likeness (QED) is 0.872. The molecule has 0 unspecified atom stereocenters. The van der Waals surface area contributed by atoms with E-state index >= 15 is 0 Å². The highest BCUT2D eigenvalue weighted by molar-refractivity contribution is 5.44. The Hall–Kier alpha value is -2.69. The molecule has 0 bridgehead atoms. The van der Waals surface area contributed by atoms with E-state index in [0.29, 0.717) is 5.69 Å². The summed E-state index contributed by atoms with van der Waals surface area (Å²) >= 11 is 0. The molecule has 0 spiro atoms. The molecule has 0 aliphatic rings. The molecule has 1 aromatic heterocycles. The molecule has 21 heavy (non-hydrogen) atoms. The summed E-state index contributed by atoms with van der Waals surface area (Å²) in [6, 6.07) is 6.83. The van der Waals surface area contributed by atoms with Crippen molar-refractivity contribution < 1.29 is 22.6 Å². The topological polar surface area (TPSA) is 60.1 Å². The van der Waals surface area contributed by atoms with Gasteiger partial charge in [0.05, 0.1) is 5.69 Å². The van der Waals surface area contributed by atoms with Gasteiger partial charge >= 0.3 is 6.36 Å². The molecule has 0 saturated heterocycles. The monoisotopic (exact) mass is 297 g/mol. The van der Waals surface area contributed by atoms with E-state index in [1.54, 1.807) is 14.0 Å². The molecule has 0 radical (unpaired) electrons. The third-order valence-electron chi connectivity index (χ3n) is 2.55. The first kappa shape index (κ1) is 14.7. The van der Waals surface area contributed by atoms with Crippen molar-refractivity contribution in [3.05, 3.63) is 35.5 Å². The van der Waals surface area contributed by atoms with Crippen molar-refractivity contribution in [2.75, 3.05) is 0 Å². The number of ether oxygens (including phenoxy) is 2. The van der Waals surface area contributed by atoms with E-state index in [1.807, 2.05) is 6.07 Å². The average molecular weight is 297 g/mol. The number of alkyl halides is 3. The Morgan fingerprint density at radius 2 is 1.76 bits per heavy atom. The van der Waals surface area contributed by atoms with Crippen LogP contribution in [0.2, 0.25) is 0 Å². The van der Waals surface area contributed by atoms with E-state index in [4.69, 9.17) is 10.00 Å². The maximum absolute atomic E-state index is 12.0. The molecule has 0 fully saturated rings. The largest absolute Gasteiger partial charge is 0.573 e. The Labute approximate surface area is 118 Å². The Bertz CT molecular complexity index is 684. The van der Waals surface area contributed by atoms with E-state index < -0.39 is 6.36 Å². The molecule has 0 atom stereocenters. The zero-order valence-corrected chi connectivity index (χ0v) is 11.1. The fourth-order valence-electron chi connectivity index (χ4n) is 1.70. The van der Waals surface area contributed by atoms with Crippen LogP contribution in [-0.4, -0.2) is 16.1 Å². The highest BCUT2D eigenvalue weighted by Crippen LogP contribution is 2.29. The van der Waals surface area contributed by atoms with Gasteiger partial charge in [-0.2, -0.15) is 10.4 Å². The number of nitriles is 1. The molecule has 8 heteroatoms. The van der Waals surface area contributed by atoms with Crippen molar-refractivity contribution in [3.8, 4) is 23.4 Å². The SMILES string of the molecule is Cc1nn(C)c(Oc2ccc(OC(F)(F)F)cc2)c1C#N. The summed E-state index contributed by atoms with van der Waals surface area (Å²) in [5.41, 5.74) is 0.778. The van der Waals surface area contributed by atoms with Crippen LogP contribution in [0, 0.1) is 18.3 Å². The van der Waals surface area contributed by atoms with Crippen LogP contribution in [0.3, 0.4) is 0 Å². The molecule has 5 nitrogen and oxygen atoms in total. The summed E-state index contributed by atoms with van der Waals surface area (Å²) in [6.45, 7) is 1.66. The fourth-order valence-corrected chi connectivity index (χ4v) is 1.70. The van der Waals surface area contributed by atoms with Gasteiger partial charge in [-0.3, -0.25) is 0 Å². The highest BCUT2D eigenvalue weighted by Gasteiger charge is 2.31. The Morgan fingerprint density at radius 1 is 1.19 bits per heavy atom. The Kier molecular flexibility index (Phi) is 3.76. The molecule has 110 valence electrons. The summed E-state index contributed by atoms with van der Waals surface area (Å²) in [6.07, 6.45) is -4.74. The van der Waals surface area contributed by atoms with Crippen molar-refractivity contribution in [2.45, 2.75) is 13.3 Å². The van der Waals surface area contributed by atoms with E-state index in [1.165, 1.54) is 16.8 Å². The van der Waals surface area contributed by atoms with E-state index in [9.17, 15) is 13.2 Å². The Morgan fingerprint density at radius 3 is 2.29 bits per heavy atom. The number of benzene rings is 1. The molecule has 0 aliphatic heterocycles. The third-order valence-corrected chi connectivity index (χ3v) is 2.55. The lowest BCUT2D eigenvalue weighted by Gasteiger charge is -2.10. The van der Waals surface area contributed by atoms with Crippen LogP contribution in [0.4, 0.5) is 13.2 Å². The molecule has 0 aliphatic carbocycles. The van der Waals surface area contributed by atoms with Crippen molar-refractivity contribution in [1.29, 1.82) is 5.26 Å². The van der Waals surface area contributed by atoms with Gasteiger partial charge in [-0.1, -0.05) is 0 Å². The fraction of sp³-hybridized carbons (Fsp3) is 0.231. The van der Waals surface area contributed by atoms with Gasteiger partial charge in [0.25, 0.3) is 0 Å². The zero-order valence-electron chi connectivity index (χ0n) is 11.1. The minimum atomic E-state index is -4.74. The van der Waals surface area contributed by atoms with Crippen LogP contribution >= 0.6 is 0 Å². The number of hydrogen-bond acceptors (Lipinski definition) is 4. The number of aromatic nitrogens is 2. The molecule has 1 aromatic carbocycles. The van der Waals surface area contributed by atoms with Gasteiger partial charge in [-0.05, 0) is 31.2 Å². The van der Waals surface area contributed by atoms with Crippen LogP contribution in [0.15, 0.2) is 24.3 Å². The number of nitrogens with zero attached hydrogens (tertiary/aromatic N) is 3. The lowest BCUT2D eigenvalue weighted by atomic mass is 10.3. The molecule has 2 aromatic rings. The molecule has 0 amide bonds. The number of aryl methyl sites for hydroxylation is 2. The standard InChI is InChI=1S/C13H10F3N3O2/c1-8-11(7-17)12(19(2)18-8)20-9-3-5-10(6-4-9)21-13(14,15)16/h3-6H,1-2H3.